The maximum absolute atomic E-state index is 12.0. The van der Waals surface area contributed by atoms with Crippen LogP contribution >= 0.6 is 0 Å². The van der Waals surface area contributed by atoms with Gasteiger partial charge in [-0.15, -0.1) is 0 Å². The minimum Gasteiger partial charge on any atom is -0.465 e. The van der Waals surface area contributed by atoms with Crippen LogP contribution in [0.3, 0.4) is 0 Å². The summed E-state index contributed by atoms with van der Waals surface area (Å²) in [6.07, 6.45) is -3.93. The van der Waals surface area contributed by atoms with Crippen molar-refractivity contribution in [3.8, 4) is 0 Å². The number of carboxylic acid groups (broad SMARTS) is 1. The quantitative estimate of drug-likeness (QED) is 0.825. The van der Waals surface area contributed by atoms with Gasteiger partial charge in [0.1, 0.15) is 0 Å². The van der Waals surface area contributed by atoms with E-state index in [-0.39, 0.29) is 18.0 Å². The number of halogens is 3. The van der Waals surface area contributed by atoms with E-state index in [9.17, 15) is 18.0 Å². The van der Waals surface area contributed by atoms with E-state index in [0.29, 0.717) is 13.0 Å². The van der Waals surface area contributed by atoms with Crippen molar-refractivity contribution >= 4 is 6.09 Å². The Morgan fingerprint density at radius 1 is 1.50 bits per heavy atom. The van der Waals surface area contributed by atoms with Gasteiger partial charge in [0.05, 0.1) is 6.54 Å². The summed E-state index contributed by atoms with van der Waals surface area (Å²) in [5.41, 5.74) is -0.112. The van der Waals surface area contributed by atoms with Crippen LogP contribution in [0.5, 0.6) is 0 Å². The average molecular weight is 268 g/mol. The van der Waals surface area contributed by atoms with Gasteiger partial charge >= 0.3 is 12.3 Å². The Labute approximate surface area is 104 Å². The summed E-state index contributed by atoms with van der Waals surface area (Å²) in [4.78, 5) is 12.3. The van der Waals surface area contributed by atoms with Crippen LogP contribution in [-0.2, 0) is 0 Å². The highest BCUT2D eigenvalue weighted by Crippen LogP contribution is 2.31. The van der Waals surface area contributed by atoms with Crippen molar-refractivity contribution in [3.63, 3.8) is 0 Å². The van der Waals surface area contributed by atoms with Gasteiger partial charge in [0.25, 0.3) is 0 Å². The minimum absolute atomic E-state index is 0.0435. The zero-order valence-corrected chi connectivity index (χ0v) is 10.5. The highest BCUT2D eigenvalue weighted by Gasteiger charge is 2.36. The zero-order valence-electron chi connectivity index (χ0n) is 10.5. The van der Waals surface area contributed by atoms with Gasteiger partial charge in [0.15, 0.2) is 0 Å². The molecule has 0 bridgehead atoms. The number of likely N-dealkylation sites (tertiary alicyclic amines) is 1. The second-order valence-corrected chi connectivity index (χ2v) is 5.51. The third-order valence-electron chi connectivity index (χ3n) is 3.14. The van der Waals surface area contributed by atoms with Crippen LogP contribution in [0.1, 0.15) is 26.7 Å². The monoisotopic (exact) mass is 268 g/mol. The normalized spacial score (nSPS) is 24.1. The summed E-state index contributed by atoms with van der Waals surface area (Å²) in [6, 6.07) is -0.377. The highest BCUT2D eigenvalue weighted by molar-refractivity contribution is 5.65. The third kappa shape index (κ3) is 4.72. The van der Waals surface area contributed by atoms with Gasteiger partial charge in [0, 0.05) is 19.1 Å². The second-order valence-electron chi connectivity index (χ2n) is 5.51. The average Bonchev–Trinajstić information content (AvgIpc) is 2.17. The van der Waals surface area contributed by atoms with E-state index in [4.69, 9.17) is 5.11 Å². The molecule has 18 heavy (non-hydrogen) atoms. The van der Waals surface area contributed by atoms with Gasteiger partial charge in [-0.2, -0.15) is 13.2 Å². The summed E-state index contributed by atoms with van der Waals surface area (Å²) >= 11 is 0. The molecule has 0 spiro atoms. The Kier molecular flexibility index (Phi) is 4.47. The second kappa shape index (κ2) is 5.34. The van der Waals surface area contributed by atoms with E-state index in [0.717, 1.165) is 6.42 Å². The Morgan fingerprint density at radius 2 is 2.11 bits per heavy atom. The molecule has 0 aromatic carbocycles. The van der Waals surface area contributed by atoms with Gasteiger partial charge in [-0.25, -0.2) is 4.79 Å². The smallest absolute Gasteiger partial charge is 0.407 e. The first-order valence-electron chi connectivity index (χ1n) is 5.88. The Morgan fingerprint density at radius 3 is 2.61 bits per heavy atom. The fourth-order valence-corrected chi connectivity index (χ4v) is 2.20. The topological polar surface area (TPSA) is 52.6 Å². The van der Waals surface area contributed by atoms with Crippen LogP contribution in [-0.4, -0.2) is 48.0 Å². The number of rotatable bonds is 3. The van der Waals surface area contributed by atoms with E-state index < -0.39 is 18.8 Å². The lowest BCUT2D eigenvalue weighted by Gasteiger charge is -2.42. The fourth-order valence-electron chi connectivity index (χ4n) is 2.20. The van der Waals surface area contributed by atoms with E-state index >= 15 is 0 Å². The lowest BCUT2D eigenvalue weighted by atomic mass is 9.81. The van der Waals surface area contributed by atoms with Gasteiger partial charge in [-0.3, -0.25) is 0 Å². The molecular formula is C11H19F3N2O2. The molecule has 1 aliphatic heterocycles. The summed E-state index contributed by atoms with van der Waals surface area (Å²) in [6.45, 7) is 3.24. The molecule has 106 valence electrons. The number of nitrogens with one attached hydrogen (secondary N) is 1. The molecule has 1 fully saturated rings. The molecule has 0 aromatic heterocycles. The minimum atomic E-state index is -4.26. The van der Waals surface area contributed by atoms with E-state index in [1.807, 2.05) is 13.8 Å². The number of alkyl halides is 3. The van der Waals surface area contributed by atoms with Crippen LogP contribution in [0.25, 0.3) is 0 Å². The van der Waals surface area contributed by atoms with E-state index in [2.05, 4.69) is 5.32 Å². The SMILES string of the molecule is CC1(C)CCC(CNCC(F)(F)F)N(C(=O)O)C1. The van der Waals surface area contributed by atoms with E-state index in [1.165, 1.54) is 4.90 Å². The molecule has 2 N–H and O–H groups in total. The van der Waals surface area contributed by atoms with Gasteiger partial charge < -0.3 is 15.3 Å². The summed E-state index contributed by atoms with van der Waals surface area (Å²) < 4.78 is 36.0. The van der Waals surface area contributed by atoms with Crippen LogP contribution < -0.4 is 5.32 Å². The number of carbonyl (C=O) groups is 1. The lowest BCUT2D eigenvalue weighted by molar-refractivity contribution is -0.125. The Hall–Kier alpha value is -0.980. The maximum Gasteiger partial charge on any atom is 0.407 e. The molecule has 1 saturated heterocycles. The predicted molar refractivity (Wildman–Crippen MR) is 60.5 cm³/mol. The molecule has 7 heteroatoms. The van der Waals surface area contributed by atoms with E-state index in [1.54, 1.807) is 0 Å². The number of amides is 1. The maximum atomic E-state index is 12.0. The molecule has 1 atom stereocenters. The van der Waals surface area contributed by atoms with Crippen molar-refractivity contribution in [2.24, 2.45) is 5.41 Å². The van der Waals surface area contributed by atoms with Crippen molar-refractivity contribution in [2.75, 3.05) is 19.6 Å². The van der Waals surface area contributed by atoms with Crippen molar-refractivity contribution in [1.29, 1.82) is 0 Å². The predicted octanol–water partition coefficient (Wildman–Crippen LogP) is 2.31. The summed E-state index contributed by atoms with van der Waals surface area (Å²) in [5.74, 6) is 0. The van der Waals surface area contributed by atoms with Crippen molar-refractivity contribution in [3.05, 3.63) is 0 Å². The molecule has 1 rings (SSSR count). The fraction of sp³-hybridized carbons (Fsp3) is 0.909. The molecule has 1 aliphatic rings. The van der Waals surface area contributed by atoms with Gasteiger partial charge in [-0.1, -0.05) is 13.8 Å². The Bertz CT molecular complexity index is 305. The molecule has 0 aromatic rings. The summed E-state index contributed by atoms with van der Waals surface area (Å²) in [5, 5.41) is 11.4. The Balaban J connectivity index is 2.51. The molecule has 4 nitrogen and oxygen atoms in total. The number of nitrogens with zero attached hydrogens (tertiary/aromatic N) is 1. The van der Waals surface area contributed by atoms with Crippen LogP contribution in [0.2, 0.25) is 0 Å². The first-order valence-corrected chi connectivity index (χ1v) is 5.88. The van der Waals surface area contributed by atoms with Crippen LogP contribution in [0.4, 0.5) is 18.0 Å². The van der Waals surface area contributed by atoms with Crippen LogP contribution in [0.15, 0.2) is 0 Å². The molecule has 1 amide bonds. The largest absolute Gasteiger partial charge is 0.465 e. The third-order valence-corrected chi connectivity index (χ3v) is 3.14. The van der Waals surface area contributed by atoms with Crippen molar-refractivity contribution < 1.29 is 23.1 Å². The molecule has 1 heterocycles. The number of piperidine rings is 1. The van der Waals surface area contributed by atoms with Gasteiger partial charge in [0.2, 0.25) is 0 Å². The van der Waals surface area contributed by atoms with Crippen molar-refractivity contribution in [1.82, 2.24) is 10.2 Å². The standard InChI is InChI=1S/C11H19F3N2O2/c1-10(2)4-3-8(16(7-10)9(17)18)5-15-6-11(12,13)14/h8,15H,3-7H2,1-2H3,(H,17,18). The van der Waals surface area contributed by atoms with Crippen LogP contribution in [0, 0.1) is 5.41 Å². The molecule has 1 unspecified atom stereocenters. The molecule has 0 radical (unpaired) electrons. The number of hydrogen-bond donors (Lipinski definition) is 2. The molecular weight excluding hydrogens is 249 g/mol. The highest BCUT2D eigenvalue weighted by atomic mass is 19.4. The zero-order chi connectivity index (χ0) is 14.0. The number of hydrogen-bond acceptors (Lipinski definition) is 2. The molecule has 0 aliphatic carbocycles. The first kappa shape index (κ1) is 15.1. The van der Waals surface area contributed by atoms with Gasteiger partial charge in [-0.05, 0) is 18.3 Å². The van der Waals surface area contributed by atoms with Crippen molar-refractivity contribution in [2.45, 2.75) is 38.9 Å². The summed E-state index contributed by atoms with van der Waals surface area (Å²) in [7, 11) is 0. The lowest BCUT2D eigenvalue weighted by Crippen LogP contribution is -2.53. The molecule has 0 saturated carbocycles. The first-order chi connectivity index (χ1) is 8.11.